The zero-order valence-corrected chi connectivity index (χ0v) is 14.2. The Morgan fingerprint density at radius 1 is 1.12 bits per heavy atom. The Labute approximate surface area is 141 Å². The van der Waals surface area contributed by atoms with E-state index in [4.69, 9.17) is 9.94 Å². The van der Waals surface area contributed by atoms with Gasteiger partial charge in [-0.15, -0.1) is 0 Å². The normalized spacial score (nSPS) is 13.8. The number of hydrogen-bond donors (Lipinski definition) is 2. The molecule has 2 N–H and O–H groups in total. The van der Waals surface area contributed by atoms with Gasteiger partial charge in [0.05, 0.1) is 7.11 Å². The van der Waals surface area contributed by atoms with Crippen LogP contribution >= 0.6 is 0 Å². The van der Waals surface area contributed by atoms with Gasteiger partial charge in [0.15, 0.2) is 14.6 Å². The molecule has 0 bridgehead atoms. The third-order valence-electron chi connectivity index (χ3n) is 3.92. The summed E-state index contributed by atoms with van der Waals surface area (Å²) in [5, 5.41) is 9.09. The first-order valence-corrected chi connectivity index (χ1v) is 8.71. The molecule has 0 aliphatic rings. The zero-order chi connectivity index (χ0) is 17.8. The van der Waals surface area contributed by atoms with Gasteiger partial charge < -0.3 is 4.74 Å². The first-order valence-electron chi connectivity index (χ1n) is 7.23. The predicted octanol–water partition coefficient (Wildman–Crippen LogP) is 1.98. The third kappa shape index (κ3) is 3.13. The van der Waals surface area contributed by atoms with Gasteiger partial charge >= 0.3 is 0 Å². The van der Waals surface area contributed by atoms with Crippen LogP contribution in [0.5, 0.6) is 5.75 Å². The maximum atomic E-state index is 13.2. The maximum absolute atomic E-state index is 13.2. The van der Waals surface area contributed by atoms with Crippen molar-refractivity contribution in [1.82, 2.24) is 5.48 Å². The average Bonchev–Trinajstić information content (AvgIpc) is 2.61. The van der Waals surface area contributed by atoms with Crippen molar-refractivity contribution in [2.24, 2.45) is 0 Å². The molecule has 7 heteroatoms. The maximum Gasteiger partial charge on any atom is 0.265 e. The molecule has 0 aromatic heterocycles. The molecule has 128 valence electrons. The minimum Gasteiger partial charge on any atom is -0.495 e. The molecule has 0 aliphatic carbocycles. The second-order valence-corrected chi connectivity index (χ2v) is 7.84. The van der Waals surface area contributed by atoms with Gasteiger partial charge in [0, 0.05) is 6.42 Å². The average molecular weight is 349 g/mol. The lowest BCUT2D eigenvalue weighted by atomic mass is 10.00. The van der Waals surface area contributed by atoms with E-state index >= 15 is 0 Å². The highest BCUT2D eigenvalue weighted by Gasteiger charge is 2.48. The van der Waals surface area contributed by atoms with Gasteiger partial charge in [0.2, 0.25) is 0 Å². The largest absolute Gasteiger partial charge is 0.495 e. The van der Waals surface area contributed by atoms with Crippen molar-refractivity contribution >= 4 is 15.7 Å². The van der Waals surface area contributed by atoms with E-state index in [0.29, 0.717) is 5.56 Å². The van der Waals surface area contributed by atoms with Gasteiger partial charge in [0.1, 0.15) is 10.6 Å². The number of hydroxylamine groups is 1. The smallest absolute Gasteiger partial charge is 0.265 e. The minimum atomic E-state index is -4.15. The summed E-state index contributed by atoms with van der Waals surface area (Å²) in [6.07, 6.45) is -0.0966. The summed E-state index contributed by atoms with van der Waals surface area (Å²) in [4.78, 5) is 12.2. The summed E-state index contributed by atoms with van der Waals surface area (Å²) >= 11 is 0. The van der Waals surface area contributed by atoms with Gasteiger partial charge in [-0.2, -0.15) is 0 Å². The van der Waals surface area contributed by atoms with Crippen LogP contribution in [0.4, 0.5) is 0 Å². The molecule has 0 spiro atoms. The summed E-state index contributed by atoms with van der Waals surface area (Å²) in [5.74, 6) is -0.861. The van der Waals surface area contributed by atoms with Crippen LogP contribution in [-0.4, -0.2) is 31.4 Å². The summed E-state index contributed by atoms with van der Waals surface area (Å²) in [5.41, 5.74) is 2.13. The molecule has 0 heterocycles. The molecular formula is C17H19NO5S. The standard InChI is InChI=1S/C17H19NO5S/c1-17(16(19)18-20,12-13-8-4-3-5-9-13)24(21,22)15-11-7-6-10-14(15)23-2/h3-11,20H,12H2,1-2H3,(H,18,19). The highest BCUT2D eigenvalue weighted by Crippen LogP contribution is 2.34. The second kappa shape index (κ2) is 7.02. The molecule has 2 aromatic carbocycles. The Hall–Kier alpha value is -2.38. The van der Waals surface area contributed by atoms with E-state index in [0.717, 1.165) is 0 Å². The zero-order valence-electron chi connectivity index (χ0n) is 13.4. The lowest BCUT2D eigenvalue weighted by Crippen LogP contribution is -2.51. The molecule has 2 aromatic rings. The summed E-state index contributed by atoms with van der Waals surface area (Å²) < 4.78 is 29.6. The number of carbonyl (C=O) groups excluding carboxylic acids is 1. The number of rotatable bonds is 6. The second-order valence-electron chi connectivity index (χ2n) is 5.49. The van der Waals surface area contributed by atoms with E-state index in [1.807, 2.05) is 0 Å². The molecule has 0 radical (unpaired) electrons. The molecular weight excluding hydrogens is 330 g/mol. The van der Waals surface area contributed by atoms with Crippen LogP contribution in [0.25, 0.3) is 0 Å². The molecule has 0 fully saturated rings. The van der Waals surface area contributed by atoms with Gasteiger partial charge in [0.25, 0.3) is 5.91 Å². The number of benzene rings is 2. The van der Waals surface area contributed by atoms with Crippen LogP contribution in [0.15, 0.2) is 59.5 Å². The molecule has 1 atom stereocenters. The first-order chi connectivity index (χ1) is 11.4. The van der Waals surface area contributed by atoms with E-state index in [1.165, 1.54) is 31.6 Å². The summed E-state index contributed by atoms with van der Waals surface area (Å²) in [7, 11) is -2.79. The molecule has 24 heavy (non-hydrogen) atoms. The molecule has 0 aliphatic heterocycles. The van der Waals surface area contributed by atoms with Crippen LogP contribution in [0, 0.1) is 0 Å². The number of ether oxygens (including phenoxy) is 1. The molecule has 0 saturated heterocycles. The van der Waals surface area contributed by atoms with E-state index in [2.05, 4.69) is 0 Å². The number of methoxy groups -OCH3 is 1. The van der Waals surface area contributed by atoms with Gasteiger partial charge in [-0.25, -0.2) is 13.9 Å². The fourth-order valence-corrected chi connectivity index (χ4v) is 4.29. The predicted molar refractivity (Wildman–Crippen MR) is 88.7 cm³/mol. The van der Waals surface area contributed by atoms with Crippen LogP contribution < -0.4 is 10.2 Å². The molecule has 1 unspecified atom stereocenters. The van der Waals surface area contributed by atoms with E-state index < -0.39 is 20.5 Å². The van der Waals surface area contributed by atoms with Gasteiger partial charge in [-0.3, -0.25) is 10.0 Å². The summed E-state index contributed by atoms with van der Waals surface area (Å²) in [6, 6.07) is 14.8. The van der Waals surface area contributed by atoms with Crippen LogP contribution in [0.2, 0.25) is 0 Å². The number of sulfone groups is 1. The van der Waals surface area contributed by atoms with E-state index in [9.17, 15) is 13.2 Å². The molecule has 0 saturated carbocycles. The quantitative estimate of drug-likeness (QED) is 0.614. The van der Waals surface area contributed by atoms with Crippen LogP contribution in [0.3, 0.4) is 0 Å². The SMILES string of the molecule is COc1ccccc1S(=O)(=O)C(C)(Cc1ccccc1)C(=O)NO. The van der Waals surface area contributed by atoms with Crippen molar-refractivity contribution in [1.29, 1.82) is 0 Å². The Morgan fingerprint density at radius 3 is 2.29 bits per heavy atom. The van der Waals surface area contributed by atoms with Crippen molar-refractivity contribution in [2.75, 3.05) is 7.11 Å². The number of amides is 1. The number of hydrogen-bond acceptors (Lipinski definition) is 5. The highest BCUT2D eigenvalue weighted by molar-refractivity contribution is 7.93. The monoisotopic (exact) mass is 349 g/mol. The Balaban J connectivity index is 2.60. The Morgan fingerprint density at radius 2 is 1.71 bits per heavy atom. The van der Waals surface area contributed by atoms with Crippen molar-refractivity contribution in [3.8, 4) is 5.75 Å². The van der Waals surface area contributed by atoms with Gasteiger partial charge in [-0.05, 0) is 24.6 Å². The van der Waals surface area contributed by atoms with Gasteiger partial charge in [-0.1, -0.05) is 42.5 Å². The fraction of sp³-hybridized carbons (Fsp3) is 0.235. The van der Waals surface area contributed by atoms with Crippen LogP contribution in [0.1, 0.15) is 12.5 Å². The van der Waals surface area contributed by atoms with Crippen molar-refractivity contribution in [2.45, 2.75) is 23.0 Å². The fourth-order valence-electron chi connectivity index (χ4n) is 2.48. The Bertz CT molecular complexity index is 820. The highest BCUT2D eigenvalue weighted by atomic mass is 32.2. The Kier molecular flexibility index (Phi) is 5.26. The lowest BCUT2D eigenvalue weighted by molar-refractivity contribution is -0.131. The number of nitrogens with one attached hydrogen (secondary N) is 1. The van der Waals surface area contributed by atoms with Crippen molar-refractivity contribution < 1.29 is 23.2 Å². The van der Waals surface area contributed by atoms with Crippen LogP contribution in [-0.2, 0) is 21.1 Å². The third-order valence-corrected chi connectivity index (χ3v) is 6.35. The molecule has 1 amide bonds. The molecule has 6 nitrogen and oxygen atoms in total. The van der Waals surface area contributed by atoms with E-state index in [1.54, 1.807) is 42.5 Å². The topological polar surface area (TPSA) is 92.7 Å². The number of para-hydroxylation sites is 1. The first kappa shape index (κ1) is 18.0. The minimum absolute atomic E-state index is 0.0966. The van der Waals surface area contributed by atoms with Crippen molar-refractivity contribution in [3.63, 3.8) is 0 Å². The van der Waals surface area contributed by atoms with E-state index in [-0.39, 0.29) is 17.1 Å². The lowest BCUT2D eigenvalue weighted by Gasteiger charge is -2.28. The molecule has 2 rings (SSSR count). The van der Waals surface area contributed by atoms with Crippen molar-refractivity contribution in [3.05, 3.63) is 60.2 Å². The summed E-state index contributed by atoms with van der Waals surface area (Å²) in [6.45, 7) is 1.29. The number of carbonyl (C=O) groups is 1.